The quantitative estimate of drug-likeness (QED) is 0.883. The molecule has 1 aromatic carbocycles. The van der Waals surface area contributed by atoms with E-state index in [0.29, 0.717) is 6.04 Å². The van der Waals surface area contributed by atoms with E-state index in [1.54, 1.807) is 6.07 Å². The molecule has 0 spiro atoms. The van der Waals surface area contributed by atoms with Crippen molar-refractivity contribution >= 4 is 5.69 Å². The molecule has 0 bridgehead atoms. The van der Waals surface area contributed by atoms with Crippen molar-refractivity contribution in [3.05, 3.63) is 29.6 Å². The zero-order valence-corrected chi connectivity index (χ0v) is 11.4. The summed E-state index contributed by atoms with van der Waals surface area (Å²) in [5.74, 6) is -0.0880. The normalized spacial score (nSPS) is 17.2. The van der Waals surface area contributed by atoms with Gasteiger partial charge in [0.15, 0.2) is 0 Å². The summed E-state index contributed by atoms with van der Waals surface area (Å²) in [6.45, 7) is 7.09. The summed E-state index contributed by atoms with van der Waals surface area (Å²) < 4.78 is 13.9. The standard InChI is InChI=1S/C15H23FN2/c1-3-8-17-13-6-9-18(10-7-13)15-5-4-12(2)11-14(15)16/h4-5,11,13,17H,3,6-10H2,1-2H3. The van der Waals surface area contributed by atoms with Gasteiger partial charge in [-0.15, -0.1) is 0 Å². The van der Waals surface area contributed by atoms with Crippen LogP contribution in [0.1, 0.15) is 31.7 Å². The van der Waals surface area contributed by atoms with Crippen molar-refractivity contribution in [2.75, 3.05) is 24.5 Å². The van der Waals surface area contributed by atoms with Crippen LogP contribution >= 0.6 is 0 Å². The number of rotatable bonds is 4. The summed E-state index contributed by atoms with van der Waals surface area (Å²) in [4.78, 5) is 2.17. The number of halogens is 1. The Morgan fingerprint density at radius 2 is 2.06 bits per heavy atom. The number of nitrogens with one attached hydrogen (secondary N) is 1. The van der Waals surface area contributed by atoms with Crippen molar-refractivity contribution in [1.82, 2.24) is 5.32 Å². The Morgan fingerprint density at radius 1 is 1.33 bits per heavy atom. The molecule has 18 heavy (non-hydrogen) atoms. The molecule has 1 aromatic rings. The van der Waals surface area contributed by atoms with E-state index in [9.17, 15) is 4.39 Å². The fourth-order valence-corrected chi connectivity index (χ4v) is 2.54. The molecule has 1 N–H and O–H groups in total. The third-order valence-corrected chi connectivity index (χ3v) is 3.62. The largest absolute Gasteiger partial charge is 0.369 e. The molecule has 2 rings (SSSR count). The Morgan fingerprint density at radius 3 is 2.67 bits per heavy atom. The van der Waals surface area contributed by atoms with E-state index in [0.717, 1.165) is 43.7 Å². The highest BCUT2D eigenvalue weighted by Crippen LogP contribution is 2.24. The Labute approximate surface area is 109 Å². The van der Waals surface area contributed by atoms with Gasteiger partial charge in [0.1, 0.15) is 5.82 Å². The number of hydrogen-bond acceptors (Lipinski definition) is 2. The highest BCUT2D eigenvalue weighted by atomic mass is 19.1. The van der Waals surface area contributed by atoms with Crippen molar-refractivity contribution in [3.63, 3.8) is 0 Å². The van der Waals surface area contributed by atoms with Gasteiger partial charge in [0.2, 0.25) is 0 Å². The molecule has 0 radical (unpaired) electrons. The number of nitrogens with zero attached hydrogens (tertiary/aromatic N) is 1. The molecule has 2 nitrogen and oxygen atoms in total. The lowest BCUT2D eigenvalue weighted by molar-refractivity contribution is 0.413. The third kappa shape index (κ3) is 3.22. The van der Waals surface area contributed by atoms with E-state index in [4.69, 9.17) is 0 Å². The molecule has 100 valence electrons. The van der Waals surface area contributed by atoms with Crippen LogP contribution in [-0.2, 0) is 0 Å². The van der Waals surface area contributed by atoms with E-state index in [1.165, 1.54) is 6.42 Å². The van der Waals surface area contributed by atoms with Gasteiger partial charge >= 0.3 is 0 Å². The third-order valence-electron chi connectivity index (χ3n) is 3.62. The summed E-state index contributed by atoms with van der Waals surface area (Å²) in [6.07, 6.45) is 3.38. The molecule has 1 saturated heterocycles. The average molecular weight is 250 g/mol. The summed E-state index contributed by atoms with van der Waals surface area (Å²) in [6, 6.07) is 6.12. The number of hydrogen-bond donors (Lipinski definition) is 1. The minimum atomic E-state index is -0.0880. The highest BCUT2D eigenvalue weighted by molar-refractivity contribution is 5.49. The average Bonchev–Trinajstić information content (AvgIpc) is 2.37. The van der Waals surface area contributed by atoms with E-state index in [2.05, 4.69) is 17.1 Å². The first kappa shape index (κ1) is 13.3. The van der Waals surface area contributed by atoms with Gasteiger partial charge in [0.05, 0.1) is 5.69 Å². The number of piperidine rings is 1. The molecular formula is C15H23FN2. The van der Waals surface area contributed by atoms with Crippen LogP contribution in [-0.4, -0.2) is 25.7 Å². The molecule has 0 amide bonds. The van der Waals surface area contributed by atoms with Crippen molar-refractivity contribution in [2.24, 2.45) is 0 Å². The maximum absolute atomic E-state index is 13.9. The predicted octanol–water partition coefficient (Wildman–Crippen LogP) is 3.10. The molecule has 1 aliphatic rings. The first-order chi connectivity index (χ1) is 8.70. The minimum Gasteiger partial charge on any atom is -0.369 e. The van der Waals surface area contributed by atoms with Gasteiger partial charge < -0.3 is 10.2 Å². The van der Waals surface area contributed by atoms with Gasteiger partial charge in [-0.2, -0.15) is 0 Å². The second-order valence-electron chi connectivity index (χ2n) is 5.17. The topological polar surface area (TPSA) is 15.3 Å². The molecule has 1 aliphatic heterocycles. The van der Waals surface area contributed by atoms with Gasteiger partial charge in [-0.05, 0) is 50.4 Å². The van der Waals surface area contributed by atoms with Crippen molar-refractivity contribution in [1.29, 1.82) is 0 Å². The van der Waals surface area contributed by atoms with Crippen molar-refractivity contribution in [2.45, 2.75) is 39.2 Å². The SMILES string of the molecule is CCCNC1CCN(c2ccc(C)cc2F)CC1. The number of aryl methyl sites for hydroxylation is 1. The van der Waals surface area contributed by atoms with Crippen LogP contribution in [0.5, 0.6) is 0 Å². The molecule has 1 fully saturated rings. The summed E-state index contributed by atoms with van der Waals surface area (Å²) in [5.41, 5.74) is 1.74. The predicted molar refractivity (Wildman–Crippen MR) is 74.7 cm³/mol. The van der Waals surface area contributed by atoms with E-state index in [1.807, 2.05) is 19.1 Å². The molecular weight excluding hydrogens is 227 g/mol. The zero-order valence-electron chi connectivity index (χ0n) is 11.4. The smallest absolute Gasteiger partial charge is 0.146 e. The summed E-state index contributed by atoms with van der Waals surface area (Å²) in [7, 11) is 0. The minimum absolute atomic E-state index is 0.0880. The van der Waals surface area contributed by atoms with Crippen molar-refractivity contribution < 1.29 is 4.39 Å². The van der Waals surface area contributed by atoms with Crippen LogP contribution in [0.4, 0.5) is 10.1 Å². The molecule has 0 saturated carbocycles. The van der Waals surface area contributed by atoms with Gasteiger partial charge in [-0.1, -0.05) is 13.0 Å². The Bertz CT molecular complexity index is 384. The van der Waals surface area contributed by atoms with Gasteiger partial charge in [-0.25, -0.2) is 4.39 Å². The number of anilines is 1. The van der Waals surface area contributed by atoms with Gasteiger partial charge in [0, 0.05) is 19.1 Å². The van der Waals surface area contributed by atoms with Crippen LogP contribution in [0.3, 0.4) is 0 Å². The lowest BCUT2D eigenvalue weighted by Gasteiger charge is -2.34. The molecule has 0 aromatic heterocycles. The lowest BCUT2D eigenvalue weighted by atomic mass is 10.0. The van der Waals surface area contributed by atoms with E-state index in [-0.39, 0.29) is 5.82 Å². The fourth-order valence-electron chi connectivity index (χ4n) is 2.54. The fraction of sp³-hybridized carbons (Fsp3) is 0.600. The maximum atomic E-state index is 13.9. The van der Waals surface area contributed by atoms with Crippen molar-refractivity contribution in [3.8, 4) is 0 Å². The van der Waals surface area contributed by atoms with Crippen LogP contribution < -0.4 is 10.2 Å². The van der Waals surface area contributed by atoms with E-state index < -0.39 is 0 Å². The van der Waals surface area contributed by atoms with E-state index >= 15 is 0 Å². The Balaban J connectivity index is 1.93. The van der Waals surface area contributed by atoms with Crippen LogP contribution in [0.15, 0.2) is 18.2 Å². The second kappa shape index (κ2) is 6.19. The zero-order chi connectivity index (χ0) is 13.0. The summed E-state index contributed by atoms with van der Waals surface area (Å²) in [5, 5.41) is 3.55. The molecule has 0 atom stereocenters. The lowest BCUT2D eigenvalue weighted by Crippen LogP contribution is -2.43. The first-order valence-corrected chi connectivity index (χ1v) is 6.95. The maximum Gasteiger partial charge on any atom is 0.146 e. The Hall–Kier alpha value is -1.09. The Kier molecular flexibility index (Phi) is 4.59. The van der Waals surface area contributed by atoms with Gasteiger partial charge in [-0.3, -0.25) is 0 Å². The van der Waals surface area contributed by atoms with Crippen LogP contribution in [0.2, 0.25) is 0 Å². The molecule has 3 heteroatoms. The molecule has 0 unspecified atom stereocenters. The molecule has 1 heterocycles. The van der Waals surface area contributed by atoms with Crippen LogP contribution in [0, 0.1) is 12.7 Å². The number of benzene rings is 1. The summed E-state index contributed by atoms with van der Waals surface area (Å²) >= 11 is 0. The second-order valence-corrected chi connectivity index (χ2v) is 5.17. The van der Waals surface area contributed by atoms with Crippen LogP contribution in [0.25, 0.3) is 0 Å². The highest BCUT2D eigenvalue weighted by Gasteiger charge is 2.20. The first-order valence-electron chi connectivity index (χ1n) is 6.95. The van der Waals surface area contributed by atoms with Gasteiger partial charge in [0.25, 0.3) is 0 Å². The monoisotopic (exact) mass is 250 g/mol. The molecule has 0 aliphatic carbocycles.